The molecule has 0 bridgehead atoms. The van der Waals surface area contributed by atoms with Crippen molar-refractivity contribution in [2.24, 2.45) is 0 Å². The predicted octanol–water partition coefficient (Wildman–Crippen LogP) is 4.49. The van der Waals surface area contributed by atoms with Crippen LogP contribution in [0.25, 0.3) is 0 Å². The fourth-order valence-electron chi connectivity index (χ4n) is 2.48. The number of para-hydroxylation sites is 1. The molecule has 2 aromatic carbocycles. The van der Waals surface area contributed by atoms with Crippen LogP contribution in [0, 0.1) is 20.8 Å². The van der Waals surface area contributed by atoms with Crippen molar-refractivity contribution in [3.63, 3.8) is 0 Å². The molecule has 0 amide bonds. The largest absolute Gasteiger partial charge is 0.489 e. The van der Waals surface area contributed by atoms with Gasteiger partial charge in [-0.1, -0.05) is 35.9 Å². The molecule has 0 fully saturated rings. The van der Waals surface area contributed by atoms with Crippen molar-refractivity contribution in [2.45, 2.75) is 33.8 Å². The van der Waals surface area contributed by atoms with E-state index >= 15 is 0 Å². The zero-order valence-electron chi connectivity index (χ0n) is 12.7. The van der Waals surface area contributed by atoms with Gasteiger partial charge < -0.3 is 10.1 Å². The van der Waals surface area contributed by atoms with E-state index in [0.717, 1.165) is 12.3 Å². The molecule has 106 valence electrons. The van der Waals surface area contributed by atoms with Crippen molar-refractivity contribution in [3.05, 3.63) is 59.2 Å². The lowest BCUT2D eigenvalue weighted by atomic mass is 10.1. The summed E-state index contributed by atoms with van der Waals surface area (Å²) in [6.07, 6.45) is 0.123. The van der Waals surface area contributed by atoms with Gasteiger partial charge >= 0.3 is 0 Å². The summed E-state index contributed by atoms with van der Waals surface area (Å²) in [6.45, 7) is 9.29. The maximum atomic E-state index is 5.88. The summed E-state index contributed by atoms with van der Waals surface area (Å²) in [5.41, 5.74) is 5.10. The summed E-state index contributed by atoms with van der Waals surface area (Å²) >= 11 is 0. The van der Waals surface area contributed by atoms with Crippen molar-refractivity contribution in [1.82, 2.24) is 0 Å². The normalized spacial score (nSPS) is 12.0. The molecule has 0 aliphatic heterocycles. The van der Waals surface area contributed by atoms with Crippen molar-refractivity contribution < 1.29 is 4.74 Å². The smallest absolute Gasteiger partial charge is 0.119 e. The van der Waals surface area contributed by atoms with Gasteiger partial charge in [-0.05, 0) is 51.0 Å². The van der Waals surface area contributed by atoms with Gasteiger partial charge in [-0.2, -0.15) is 0 Å². The SMILES string of the molecule is Cc1cc(C)c(NCC(C)Oc2ccccc2)c(C)c1. The fourth-order valence-corrected chi connectivity index (χ4v) is 2.48. The lowest BCUT2D eigenvalue weighted by molar-refractivity contribution is 0.235. The molecule has 2 rings (SSSR count). The Morgan fingerprint density at radius 2 is 1.60 bits per heavy atom. The van der Waals surface area contributed by atoms with E-state index in [4.69, 9.17) is 4.74 Å². The van der Waals surface area contributed by atoms with E-state index < -0.39 is 0 Å². The second-order valence-electron chi connectivity index (χ2n) is 5.40. The van der Waals surface area contributed by atoms with Gasteiger partial charge in [-0.3, -0.25) is 0 Å². The zero-order chi connectivity index (χ0) is 14.5. The minimum absolute atomic E-state index is 0.123. The number of benzene rings is 2. The third-order valence-corrected chi connectivity index (χ3v) is 3.32. The summed E-state index contributed by atoms with van der Waals surface area (Å²) in [5, 5.41) is 3.50. The monoisotopic (exact) mass is 269 g/mol. The average molecular weight is 269 g/mol. The maximum Gasteiger partial charge on any atom is 0.119 e. The van der Waals surface area contributed by atoms with E-state index in [9.17, 15) is 0 Å². The zero-order valence-corrected chi connectivity index (χ0v) is 12.7. The third-order valence-electron chi connectivity index (χ3n) is 3.32. The van der Waals surface area contributed by atoms with Crippen LogP contribution >= 0.6 is 0 Å². The van der Waals surface area contributed by atoms with Crippen LogP contribution in [0.1, 0.15) is 23.6 Å². The molecule has 0 saturated heterocycles. The first-order valence-corrected chi connectivity index (χ1v) is 7.09. The first-order chi connectivity index (χ1) is 9.56. The second kappa shape index (κ2) is 6.47. The van der Waals surface area contributed by atoms with Crippen LogP contribution in [0.3, 0.4) is 0 Å². The molecule has 0 radical (unpaired) electrons. The van der Waals surface area contributed by atoms with Crippen LogP contribution in [0.2, 0.25) is 0 Å². The van der Waals surface area contributed by atoms with Crippen LogP contribution in [0.5, 0.6) is 5.75 Å². The van der Waals surface area contributed by atoms with Crippen LogP contribution in [-0.4, -0.2) is 12.6 Å². The number of anilines is 1. The van der Waals surface area contributed by atoms with Crippen LogP contribution < -0.4 is 10.1 Å². The molecule has 2 aromatic rings. The molecule has 2 heteroatoms. The summed E-state index contributed by atoms with van der Waals surface area (Å²) in [7, 11) is 0. The quantitative estimate of drug-likeness (QED) is 0.863. The topological polar surface area (TPSA) is 21.3 Å². The molecule has 2 nitrogen and oxygen atoms in total. The average Bonchev–Trinajstić information content (AvgIpc) is 2.38. The fraction of sp³-hybridized carbons (Fsp3) is 0.333. The Balaban J connectivity index is 1.95. The molecule has 0 aromatic heterocycles. The highest BCUT2D eigenvalue weighted by atomic mass is 16.5. The first kappa shape index (κ1) is 14.4. The highest BCUT2D eigenvalue weighted by Crippen LogP contribution is 2.22. The van der Waals surface area contributed by atoms with Gasteiger partial charge in [-0.15, -0.1) is 0 Å². The highest BCUT2D eigenvalue weighted by Gasteiger charge is 2.07. The first-order valence-electron chi connectivity index (χ1n) is 7.09. The minimum atomic E-state index is 0.123. The molecule has 0 aliphatic rings. The molecule has 0 spiro atoms. The second-order valence-corrected chi connectivity index (χ2v) is 5.40. The van der Waals surface area contributed by atoms with Gasteiger partial charge in [0.2, 0.25) is 0 Å². The van der Waals surface area contributed by atoms with Gasteiger partial charge in [0.05, 0.1) is 6.54 Å². The Kier molecular flexibility index (Phi) is 4.67. The number of nitrogens with one attached hydrogen (secondary N) is 1. The van der Waals surface area contributed by atoms with Gasteiger partial charge in [0.25, 0.3) is 0 Å². The van der Waals surface area contributed by atoms with Crippen LogP contribution in [0.15, 0.2) is 42.5 Å². The van der Waals surface area contributed by atoms with Crippen LogP contribution in [-0.2, 0) is 0 Å². The van der Waals surface area contributed by atoms with Gasteiger partial charge in [0.1, 0.15) is 11.9 Å². The molecule has 20 heavy (non-hydrogen) atoms. The number of aryl methyl sites for hydroxylation is 3. The van der Waals surface area contributed by atoms with E-state index in [1.807, 2.05) is 30.3 Å². The molecule has 0 aliphatic carbocycles. The maximum absolute atomic E-state index is 5.88. The summed E-state index contributed by atoms with van der Waals surface area (Å²) < 4.78 is 5.88. The van der Waals surface area contributed by atoms with Gasteiger partial charge in [0, 0.05) is 5.69 Å². The summed E-state index contributed by atoms with van der Waals surface area (Å²) in [6, 6.07) is 14.4. The standard InChI is InChI=1S/C18H23NO/c1-13-10-14(2)18(15(3)11-13)19-12-16(4)20-17-8-6-5-7-9-17/h5-11,16,19H,12H2,1-4H3. The minimum Gasteiger partial charge on any atom is -0.489 e. The molecule has 0 saturated carbocycles. The lowest BCUT2D eigenvalue weighted by Crippen LogP contribution is -2.23. The Bertz CT molecular complexity index is 540. The predicted molar refractivity (Wildman–Crippen MR) is 85.7 cm³/mol. The molecule has 0 heterocycles. The van der Waals surface area contributed by atoms with Crippen molar-refractivity contribution >= 4 is 5.69 Å². The van der Waals surface area contributed by atoms with E-state index in [2.05, 4.69) is 45.1 Å². The van der Waals surface area contributed by atoms with Crippen molar-refractivity contribution in [3.8, 4) is 5.75 Å². The van der Waals surface area contributed by atoms with Crippen LogP contribution in [0.4, 0.5) is 5.69 Å². The molecule has 1 unspecified atom stereocenters. The molecule has 1 N–H and O–H groups in total. The molecular formula is C18H23NO. The van der Waals surface area contributed by atoms with Gasteiger partial charge in [0.15, 0.2) is 0 Å². The van der Waals surface area contributed by atoms with E-state index in [-0.39, 0.29) is 6.10 Å². The van der Waals surface area contributed by atoms with E-state index in [1.165, 1.54) is 22.4 Å². The van der Waals surface area contributed by atoms with Gasteiger partial charge in [-0.25, -0.2) is 0 Å². The Morgan fingerprint density at radius 3 is 2.20 bits per heavy atom. The summed E-state index contributed by atoms with van der Waals surface area (Å²) in [5.74, 6) is 0.916. The Labute approximate surface area is 121 Å². The number of hydrogen-bond acceptors (Lipinski definition) is 2. The Hall–Kier alpha value is -1.96. The van der Waals surface area contributed by atoms with Crippen molar-refractivity contribution in [1.29, 1.82) is 0 Å². The summed E-state index contributed by atoms with van der Waals surface area (Å²) in [4.78, 5) is 0. The van der Waals surface area contributed by atoms with Crippen molar-refractivity contribution in [2.75, 3.05) is 11.9 Å². The number of ether oxygens (including phenoxy) is 1. The lowest BCUT2D eigenvalue weighted by Gasteiger charge is -2.19. The highest BCUT2D eigenvalue weighted by molar-refractivity contribution is 5.58. The third kappa shape index (κ3) is 3.77. The molecular weight excluding hydrogens is 246 g/mol. The number of hydrogen-bond donors (Lipinski definition) is 1. The number of rotatable bonds is 5. The van der Waals surface area contributed by atoms with E-state index in [1.54, 1.807) is 0 Å². The van der Waals surface area contributed by atoms with E-state index in [0.29, 0.717) is 0 Å². The Morgan fingerprint density at radius 1 is 1.00 bits per heavy atom. The molecule has 1 atom stereocenters.